The second-order valence-electron chi connectivity index (χ2n) is 9.03. The molecule has 0 spiro atoms. The van der Waals surface area contributed by atoms with E-state index >= 15 is 0 Å². The lowest BCUT2D eigenvalue weighted by Gasteiger charge is -2.07. The first-order valence-electron chi connectivity index (χ1n) is 11.7. The average Bonchev–Trinajstić information content (AvgIpc) is 2.61. The van der Waals surface area contributed by atoms with Gasteiger partial charge in [-0.2, -0.15) is 0 Å². The molecular weight excluding hydrogens is 330 g/mol. The fourth-order valence-corrected chi connectivity index (χ4v) is 3.20. The SMILES string of the molecule is CCCCCCCCCCCCCCCCCC(=O)NCC#CC(C)(C)C. The number of unbranched alkanes of at least 4 members (excludes halogenated alkanes) is 14. The fraction of sp³-hybridized carbons (Fsp3) is 0.880. The van der Waals surface area contributed by atoms with E-state index in [0.29, 0.717) is 13.0 Å². The predicted octanol–water partition coefficient (Wildman–Crippen LogP) is 7.41. The van der Waals surface area contributed by atoms with Gasteiger partial charge in [0, 0.05) is 11.8 Å². The number of nitrogens with one attached hydrogen (secondary N) is 1. The molecule has 0 saturated carbocycles. The molecule has 0 aliphatic carbocycles. The molecule has 0 aromatic heterocycles. The molecule has 1 amide bonds. The number of hydrogen-bond donors (Lipinski definition) is 1. The molecule has 0 bridgehead atoms. The lowest BCUT2D eigenvalue weighted by Crippen LogP contribution is -2.23. The summed E-state index contributed by atoms with van der Waals surface area (Å²) in [6.45, 7) is 9.00. The Hall–Kier alpha value is -0.970. The lowest BCUT2D eigenvalue weighted by atomic mass is 9.98. The van der Waals surface area contributed by atoms with Crippen molar-refractivity contribution in [1.82, 2.24) is 5.32 Å². The van der Waals surface area contributed by atoms with Crippen LogP contribution in [0.1, 0.15) is 130 Å². The molecule has 0 heterocycles. The third-order valence-electron chi connectivity index (χ3n) is 4.84. The van der Waals surface area contributed by atoms with Gasteiger partial charge in [-0.15, -0.1) is 0 Å². The molecule has 0 aliphatic rings. The van der Waals surface area contributed by atoms with Gasteiger partial charge in [-0.3, -0.25) is 4.79 Å². The minimum Gasteiger partial charge on any atom is -0.345 e. The largest absolute Gasteiger partial charge is 0.345 e. The highest BCUT2D eigenvalue weighted by molar-refractivity contribution is 5.76. The number of rotatable bonds is 17. The first-order valence-corrected chi connectivity index (χ1v) is 11.7. The molecule has 0 aromatic rings. The number of amides is 1. The minimum atomic E-state index is 0.0129. The Kier molecular flexibility index (Phi) is 17.7. The predicted molar refractivity (Wildman–Crippen MR) is 120 cm³/mol. The van der Waals surface area contributed by atoms with E-state index in [9.17, 15) is 4.79 Å². The molecule has 0 fully saturated rings. The summed E-state index contributed by atoms with van der Waals surface area (Å²) in [4.78, 5) is 11.7. The van der Waals surface area contributed by atoms with Crippen LogP contribution < -0.4 is 5.32 Å². The van der Waals surface area contributed by atoms with Crippen LogP contribution in [0, 0.1) is 17.3 Å². The molecule has 2 nitrogen and oxygen atoms in total. The first kappa shape index (κ1) is 26.0. The maximum atomic E-state index is 11.7. The molecule has 0 aliphatic heterocycles. The number of hydrogen-bond acceptors (Lipinski definition) is 1. The van der Waals surface area contributed by atoms with Gasteiger partial charge in [-0.1, -0.05) is 109 Å². The van der Waals surface area contributed by atoms with Crippen LogP contribution in [0.15, 0.2) is 0 Å². The summed E-state index contributed by atoms with van der Waals surface area (Å²) in [7, 11) is 0. The summed E-state index contributed by atoms with van der Waals surface area (Å²) in [5, 5.41) is 2.89. The molecule has 0 rings (SSSR count). The molecule has 27 heavy (non-hydrogen) atoms. The van der Waals surface area contributed by atoms with Gasteiger partial charge in [0.15, 0.2) is 0 Å². The third kappa shape index (κ3) is 23.0. The van der Waals surface area contributed by atoms with Gasteiger partial charge in [0.1, 0.15) is 0 Å². The summed E-state index contributed by atoms with van der Waals surface area (Å²) in [5.41, 5.74) is 0.0129. The lowest BCUT2D eigenvalue weighted by molar-refractivity contribution is -0.120. The van der Waals surface area contributed by atoms with Gasteiger partial charge in [0.05, 0.1) is 6.54 Å². The van der Waals surface area contributed by atoms with Crippen LogP contribution in [0.2, 0.25) is 0 Å². The Morgan fingerprint density at radius 3 is 1.52 bits per heavy atom. The monoisotopic (exact) mass is 377 g/mol. The van der Waals surface area contributed by atoms with Gasteiger partial charge in [-0.25, -0.2) is 0 Å². The van der Waals surface area contributed by atoms with Crippen LogP contribution in [0.3, 0.4) is 0 Å². The Labute approximate surface area is 170 Å². The van der Waals surface area contributed by atoms with Crippen molar-refractivity contribution in [2.24, 2.45) is 5.41 Å². The second kappa shape index (κ2) is 18.4. The number of carbonyl (C=O) groups is 1. The van der Waals surface area contributed by atoms with Crippen molar-refractivity contribution >= 4 is 5.91 Å². The zero-order chi connectivity index (χ0) is 20.2. The fourth-order valence-electron chi connectivity index (χ4n) is 3.20. The van der Waals surface area contributed by atoms with Crippen molar-refractivity contribution in [1.29, 1.82) is 0 Å². The molecule has 0 aromatic carbocycles. The first-order chi connectivity index (χ1) is 13.0. The van der Waals surface area contributed by atoms with E-state index in [4.69, 9.17) is 0 Å². The standard InChI is InChI=1S/C25H47NO/c1-5-6-7-8-9-10-11-12-13-14-15-16-17-18-19-21-24(27)26-23-20-22-25(2,3)4/h5-19,21,23H2,1-4H3,(H,26,27). The summed E-state index contributed by atoms with van der Waals surface area (Å²) in [6, 6.07) is 0. The quantitative estimate of drug-likeness (QED) is 0.207. The van der Waals surface area contributed by atoms with Crippen LogP contribution in [-0.2, 0) is 4.79 Å². The Bertz CT molecular complexity index is 397. The highest BCUT2D eigenvalue weighted by Gasteiger charge is 2.03. The summed E-state index contributed by atoms with van der Waals surface area (Å²) < 4.78 is 0. The molecule has 0 atom stereocenters. The van der Waals surface area contributed by atoms with Crippen molar-refractivity contribution in [2.45, 2.75) is 130 Å². The van der Waals surface area contributed by atoms with Gasteiger partial charge in [-0.05, 0) is 27.2 Å². The summed E-state index contributed by atoms with van der Waals surface area (Å²) >= 11 is 0. The van der Waals surface area contributed by atoms with Crippen LogP contribution in [-0.4, -0.2) is 12.5 Å². The van der Waals surface area contributed by atoms with Crippen LogP contribution >= 0.6 is 0 Å². The van der Waals surface area contributed by atoms with Crippen LogP contribution in [0.4, 0.5) is 0 Å². The number of carbonyl (C=O) groups excluding carboxylic acids is 1. The normalized spacial score (nSPS) is 11.1. The molecule has 2 heteroatoms. The molecule has 1 N–H and O–H groups in total. The van der Waals surface area contributed by atoms with Crippen molar-refractivity contribution in [3.05, 3.63) is 0 Å². The zero-order valence-corrected chi connectivity index (χ0v) is 18.9. The molecule has 0 unspecified atom stereocenters. The van der Waals surface area contributed by atoms with Crippen molar-refractivity contribution in [3.8, 4) is 11.8 Å². The Morgan fingerprint density at radius 2 is 1.11 bits per heavy atom. The van der Waals surface area contributed by atoms with Gasteiger partial charge >= 0.3 is 0 Å². The summed E-state index contributed by atoms with van der Waals surface area (Å²) in [6.07, 6.45) is 21.0. The maximum Gasteiger partial charge on any atom is 0.220 e. The highest BCUT2D eigenvalue weighted by Crippen LogP contribution is 2.13. The second-order valence-corrected chi connectivity index (χ2v) is 9.03. The van der Waals surface area contributed by atoms with E-state index in [2.05, 4.69) is 44.9 Å². The molecular formula is C25H47NO. The van der Waals surface area contributed by atoms with Crippen molar-refractivity contribution < 1.29 is 4.79 Å². The Balaban J connectivity index is 3.24. The summed E-state index contributed by atoms with van der Waals surface area (Å²) in [5.74, 6) is 6.31. The van der Waals surface area contributed by atoms with Gasteiger partial charge < -0.3 is 5.32 Å². The maximum absolute atomic E-state index is 11.7. The Morgan fingerprint density at radius 1 is 0.704 bits per heavy atom. The zero-order valence-electron chi connectivity index (χ0n) is 18.9. The molecule has 158 valence electrons. The van der Waals surface area contributed by atoms with Gasteiger partial charge in [0.2, 0.25) is 5.91 Å². The molecule has 0 saturated heterocycles. The average molecular weight is 378 g/mol. The van der Waals surface area contributed by atoms with Crippen molar-refractivity contribution in [3.63, 3.8) is 0 Å². The van der Waals surface area contributed by atoms with E-state index in [-0.39, 0.29) is 11.3 Å². The van der Waals surface area contributed by atoms with E-state index in [1.54, 1.807) is 0 Å². The third-order valence-corrected chi connectivity index (χ3v) is 4.84. The highest BCUT2D eigenvalue weighted by atomic mass is 16.1. The van der Waals surface area contributed by atoms with E-state index in [1.165, 1.54) is 89.9 Å². The minimum absolute atomic E-state index is 0.0129. The van der Waals surface area contributed by atoms with Crippen LogP contribution in [0.5, 0.6) is 0 Å². The topological polar surface area (TPSA) is 29.1 Å². The van der Waals surface area contributed by atoms with Crippen LogP contribution in [0.25, 0.3) is 0 Å². The smallest absolute Gasteiger partial charge is 0.220 e. The van der Waals surface area contributed by atoms with E-state index in [0.717, 1.165) is 6.42 Å². The van der Waals surface area contributed by atoms with Gasteiger partial charge in [0.25, 0.3) is 0 Å². The van der Waals surface area contributed by atoms with Crippen molar-refractivity contribution in [2.75, 3.05) is 6.54 Å². The van der Waals surface area contributed by atoms with E-state index in [1.807, 2.05) is 0 Å². The molecule has 0 radical (unpaired) electrons. The van der Waals surface area contributed by atoms with E-state index < -0.39 is 0 Å².